The third-order valence-corrected chi connectivity index (χ3v) is 3.49. The second-order valence-corrected chi connectivity index (χ2v) is 5.41. The lowest BCUT2D eigenvalue weighted by molar-refractivity contribution is 0.0950. The van der Waals surface area contributed by atoms with Crippen LogP contribution in [0.25, 0.3) is 0 Å². The summed E-state index contributed by atoms with van der Waals surface area (Å²) in [5.74, 6) is -0.149. The minimum atomic E-state index is -0.149. The first kappa shape index (κ1) is 14.0. The van der Waals surface area contributed by atoms with Gasteiger partial charge in [-0.05, 0) is 52.7 Å². The molecule has 98 valence electrons. The molecule has 1 N–H and O–H groups in total. The van der Waals surface area contributed by atoms with E-state index in [-0.39, 0.29) is 5.91 Å². The van der Waals surface area contributed by atoms with Gasteiger partial charge in [0.15, 0.2) is 0 Å². The van der Waals surface area contributed by atoms with Gasteiger partial charge in [-0.15, -0.1) is 0 Å². The van der Waals surface area contributed by atoms with Gasteiger partial charge >= 0.3 is 0 Å². The Morgan fingerprint density at radius 2 is 2.16 bits per heavy atom. The zero-order chi connectivity index (χ0) is 13.8. The Kier molecular flexibility index (Phi) is 4.56. The van der Waals surface area contributed by atoms with Crippen LogP contribution in [-0.4, -0.2) is 10.9 Å². The molecule has 0 aliphatic heterocycles. The van der Waals surface area contributed by atoms with Crippen molar-refractivity contribution in [2.45, 2.75) is 13.5 Å². The number of rotatable bonds is 3. The molecule has 5 heteroatoms. The molecule has 0 saturated carbocycles. The van der Waals surface area contributed by atoms with Gasteiger partial charge in [0.25, 0.3) is 5.91 Å². The van der Waals surface area contributed by atoms with Crippen molar-refractivity contribution in [3.05, 3.63) is 62.8 Å². The predicted molar refractivity (Wildman–Crippen MR) is 79.3 cm³/mol. The lowest BCUT2D eigenvalue weighted by atomic mass is 10.2. The fourth-order valence-corrected chi connectivity index (χ4v) is 2.42. The molecule has 2 aromatic rings. The Morgan fingerprint density at radius 3 is 2.79 bits per heavy atom. The van der Waals surface area contributed by atoms with Crippen molar-refractivity contribution in [2.24, 2.45) is 0 Å². The number of nitrogens with zero attached hydrogens (tertiary/aromatic N) is 1. The zero-order valence-electron chi connectivity index (χ0n) is 10.3. The third-order valence-electron chi connectivity index (χ3n) is 2.60. The molecular weight excluding hydrogens is 328 g/mol. The van der Waals surface area contributed by atoms with Crippen LogP contribution in [0.5, 0.6) is 0 Å². The van der Waals surface area contributed by atoms with Crippen LogP contribution in [0.2, 0.25) is 5.02 Å². The number of pyridine rings is 1. The highest BCUT2D eigenvalue weighted by molar-refractivity contribution is 9.10. The van der Waals surface area contributed by atoms with Gasteiger partial charge in [0.1, 0.15) is 0 Å². The van der Waals surface area contributed by atoms with Gasteiger partial charge < -0.3 is 5.32 Å². The van der Waals surface area contributed by atoms with E-state index in [1.165, 1.54) is 0 Å². The molecule has 0 aliphatic carbocycles. The molecule has 2 rings (SSSR count). The Balaban J connectivity index is 2.03. The smallest absolute Gasteiger partial charge is 0.252 e. The van der Waals surface area contributed by atoms with E-state index in [2.05, 4.69) is 26.2 Å². The standard InChI is InChI=1S/C14H12BrClN2O/c1-9-2-3-10(7-17-9)8-18-14(19)12-5-4-11(16)6-13(12)15/h2-7H,8H2,1H3,(H,18,19). The first-order chi connectivity index (χ1) is 9.06. The molecule has 1 heterocycles. The van der Waals surface area contributed by atoms with Crippen molar-refractivity contribution < 1.29 is 4.79 Å². The molecule has 1 amide bonds. The van der Waals surface area contributed by atoms with Gasteiger partial charge in [0.2, 0.25) is 0 Å². The quantitative estimate of drug-likeness (QED) is 0.925. The molecule has 0 spiro atoms. The first-order valence-corrected chi connectivity index (χ1v) is 6.88. The first-order valence-electron chi connectivity index (χ1n) is 5.71. The molecule has 19 heavy (non-hydrogen) atoms. The number of aromatic nitrogens is 1. The average Bonchev–Trinajstić information content (AvgIpc) is 2.37. The molecule has 0 radical (unpaired) electrons. The van der Waals surface area contributed by atoms with E-state index in [0.717, 1.165) is 11.3 Å². The molecule has 0 unspecified atom stereocenters. The summed E-state index contributed by atoms with van der Waals surface area (Å²) in [4.78, 5) is 16.2. The van der Waals surface area contributed by atoms with Crippen LogP contribution in [0, 0.1) is 6.92 Å². The van der Waals surface area contributed by atoms with E-state index >= 15 is 0 Å². The molecule has 0 aliphatic rings. The molecule has 0 atom stereocenters. The Hall–Kier alpha value is -1.39. The Labute approximate surface area is 125 Å². The number of hydrogen-bond acceptors (Lipinski definition) is 2. The van der Waals surface area contributed by atoms with Gasteiger partial charge in [-0.1, -0.05) is 17.7 Å². The maximum absolute atomic E-state index is 12.0. The maximum Gasteiger partial charge on any atom is 0.252 e. The fraction of sp³-hybridized carbons (Fsp3) is 0.143. The highest BCUT2D eigenvalue weighted by atomic mass is 79.9. The van der Waals surface area contributed by atoms with E-state index in [1.54, 1.807) is 24.4 Å². The Bertz CT molecular complexity index is 599. The number of carbonyl (C=O) groups is 1. The summed E-state index contributed by atoms with van der Waals surface area (Å²) < 4.78 is 0.680. The van der Waals surface area contributed by atoms with Crippen LogP contribution in [-0.2, 0) is 6.54 Å². The van der Waals surface area contributed by atoms with Gasteiger partial charge in [0.05, 0.1) is 5.56 Å². The van der Waals surface area contributed by atoms with Crippen LogP contribution in [0.4, 0.5) is 0 Å². The molecule has 1 aromatic heterocycles. The zero-order valence-corrected chi connectivity index (χ0v) is 12.6. The van der Waals surface area contributed by atoms with Crippen molar-refractivity contribution in [1.29, 1.82) is 0 Å². The van der Waals surface area contributed by atoms with Crippen molar-refractivity contribution in [2.75, 3.05) is 0 Å². The van der Waals surface area contributed by atoms with E-state index < -0.39 is 0 Å². The minimum Gasteiger partial charge on any atom is -0.348 e. The van der Waals surface area contributed by atoms with Gasteiger partial charge in [-0.2, -0.15) is 0 Å². The highest BCUT2D eigenvalue weighted by Crippen LogP contribution is 2.21. The molecule has 3 nitrogen and oxygen atoms in total. The van der Waals surface area contributed by atoms with Gasteiger partial charge in [-0.3, -0.25) is 9.78 Å². The molecule has 1 aromatic carbocycles. The summed E-state index contributed by atoms with van der Waals surface area (Å²) >= 11 is 9.17. The summed E-state index contributed by atoms with van der Waals surface area (Å²) in [6.45, 7) is 2.37. The number of halogens is 2. The normalized spacial score (nSPS) is 10.3. The SMILES string of the molecule is Cc1ccc(CNC(=O)c2ccc(Cl)cc2Br)cn1. The monoisotopic (exact) mass is 338 g/mol. The lowest BCUT2D eigenvalue weighted by Gasteiger charge is -2.07. The molecule has 0 fully saturated rings. The molecule has 0 bridgehead atoms. The summed E-state index contributed by atoms with van der Waals surface area (Å²) in [5, 5.41) is 3.43. The van der Waals surface area contributed by atoms with Crippen LogP contribution >= 0.6 is 27.5 Å². The van der Waals surface area contributed by atoms with Crippen molar-refractivity contribution in [1.82, 2.24) is 10.3 Å². The number of carbonyl (C=O) groups excluding carboxylic acids is 1. The number of benzene rings is 1. The summed E-state index contributed by atoms with van der Waals surface area (Å²) in [6, 6.07) is 8.94. The van der Waals surface area contributed by atoms with Crippen molar-refractivity contribution in [3.63, 3.8) is 0 Å². The number of hydrogen-bond donors (Lipinski definition) is 1. The summed E-state index contributed by atoms with van der Waals surface area (Å²) in [7, 11) is 0. The van der Waals surface area contributed by atoms with E-state index in [1.807, 2.05) is 19.1 Å². The second-order valence-electron chi connectivity index (χ2n) is 4.11. The number of aryl methyl sites for hydroxylation is 1. The minimum absolute atomic E-state index is 0.149. The van der Waals surface area contributed by atoms with Crippen molar-refractivity contribution >= 4 is 33.4 Å². The highest BCUT2D eigenvalue weighted by Gasteiger charge is 2.09. The molecular formula is C14H12BrClN2O. The maximum atomic E-state index is 12.0. The second kappa shape index (κ2) is 6.17. The average molecular weight is 340 g/mol. The van der Waals surface area contributed by atoms with E-state index in [0.29, 0.717) is 21.6 Å². The van der Waals surface area contributed by atoms with E-state index in [9.17, 15) is 4.79 Å². The Morgan fingerprint density at radius 1 is 1.37 bits per heavy atom. The number of amides is 1. The lowest BCUT2D eigenvalue weighted by Crippen LogP contribution is -2.23. The largest absolute Gasteiger partial charge is 0.348 e. The van der Waals surface area contributed by atoms with Crippen LogP contribution < -0.4 is 5.32 Å². The topological polar surface area (TPSA) is 42.0 Å². The van der Waals surface area contributed by atoms with E-state index in [4.69, 9.17) is 11.6 Å². The van der Waals surface area contributed by atoms with Crippen LogP contribution in [0.15, 0.2) is 41.0 Å². The van der Waals surface area contributed by atoms with Crippen LogP contribution in [0.3, 0.4) is 0 Å². The third kappa shape index (κ3) is 3.78. The van der Waals surface area contributed by atoms with Crippen molar-refractivity contribution in [3.8, 4) is 0 Å². The summed E-state index contributed by atoms with van der Waals surface area (Å²) in [5.41, 5.74) is 2.48. The summed E-state index contributed by atoms with van der Waals surface area (Å²) in [6.07, 6.45) is 1.76. The number of nitrogens with one attached hydrogen (secondary N) is 1. The van der Waals surface area contributed by atoms with Gasteiger partial charge in [0, 0.05) is 27.9 Å². The van der Waals surface area contributed by atoms with Crippen LogP contribution in [0.1, 0.15) is 21.6 Å². The van der Waals surface area contributed by atoms with Gasteiger partial charge in [-0.25, -0.2) is 0 Å². The molecule has 0 saturated heterocycles. The fourth-order valence-electron chi connectivity index (χ4n) is 1.55. The predicted octanol–water partition coefficient (Wildman–Crippen LogP) is 3.74.